The molecule has 1 aliphatic rings. The number of halogens is 1. The Bertz CT molecular complexity index is 696. The number of rotatable bonds is 7. The largest absolute Gasteiger partial charge is 0.457 e. The van der Waals surface area contributed by atoms with Gasteiger partial charge in [-0.3, -0.25) is 4.79 Å². The topological polar surface area (TPSA) is 47.6 Å². The third-order valence-corrected chi connectivity index (χ3v) is 4.14. The molecule has 0 aliphatic carbocycles. The number of hydrogen-bond acceptors (Lipinski definition) is 3. The van der Waals surface area contributed by atoms with Crippen LogP contribution in [0.1, 0.15) is 24.8 Å². The molecule has 0 spiro atoms. The zero-order valence-corrected chi connectivity index (χ0v) is 14.0. The van der Waals surface area contributed by atoms with Gasteiger partial charge in [0.05, 0.1) is 6.10 Å². The molecule has 0 saturated carbocycles. The summed E-state index contributed by atoms with van der Waals surface area (Å²) in [4.78, 5) is 11.9. The monoisotopic (exact) mass is 343 g/mol. The highest BCUT2D eigenvalue weighted by atomic mass is 19.1. The van der Waals surface area contributed by atoms with Crippen LogP contribution in [0.15, 0.2) is 48.5 Å². The summed E-state index contributed by atoms with van der Waals surface area (Å²) in [6.07, 6.45) is 3.31. The maximum atomic E-state index is 12.9. The predicted octanol–water partition coefficient (Wildman–Crippen LogP) is 3.85. The number of carbonyl (C=O) groups excluding carboxylic acids is 1. The maximum absolute atomic E-state index is 12.9. The number of ether oxygens (including phenoxy) is 2. The van der Waals surface area contributed by atoms with E-state index in [1.165, 1.54) is 12.1 Å². The van der Waals surface area contributed by atoms with E-state index in [1.807, 2.05) is 24.3 Å². The number of nitrogens with one attached hydrogen (secondary N) is 1. The van der Waals surface area contributed by atoms with Crippen LogP contribution in [-0.2, 0) is 16.0 Å². The van der Waals surface area contributed by atoms with Gasteiger partial charge in [0, 0.05) is 19.6 Å². The van der Waals surface area contributed by atoms with Gasteiger partial charge in [0.25, 0.3) is 0 Å². The first-order chi connectivity index (χ1) is 12.2. The molecule has 2 aromatic carbocycles. The predicted molar refractivity (Wildman–Crippen MR) is 93.2 cm³/mol. The third kappa shape index (κ3) is 5.57. The van der Waals surface area contributed by atoms with E-state index in [9.17, 15) is 9.18 Å². The molecule has 0 radical (unpaired) electrons. The number of hydrogen-bond donors (Lipinski definition) is 1. The average molecular weight is 343 g/mol. The standard InChI is InChI=1S/C20H22FNO3/c21-16-7-9-17(10-8-16)25-18-4-1-3-15(13-18)6-11-20(23)22-14-19-5-2-12-24-19/h1,3-4,7-10,13,19H,2,5-6,11-12,14H2,(H,22,23)/t19-/m0/s1. The van der Waals surface area contributed by atoms with Crippen LogP contribution in [0, 0.1) is 5.82 Å². The van der Waals surface area contributed by atoms with Crippen molar-refractivity contribution in [1.29, 1.82) is 0 Å². The van der Waals surface area contributed by atoms with Crippen LogP contribution < -0.4 is 10.1 Å². The first-order valence-electron chi connectivity index (χ1n) is 8.60. The van der Waals surface area contributed by atoms with Crippen LogP contribution in [-0.4, -0.2) is 25.2 Å². The van der Waals surface area contributed by atoms with Crippen molar-refractivity contribution in [2.24, 2.45) is 0 Å². The first kappa shape index (κ1) is 17.4. The van der Waals surface area contributed by atoms with Gasteiger partial charge in [-0.25, -0.2) is 4.39 Å². The van der Waals surface area contributed by atoms with Crippen LogP contribution >= 0.6 is 0 Å². The van der Waals surface area contributed by atoms with E-state index in [1.54, 1.807) is 12.1 Å². The lowest BCUT2D eigenvalue weighted by Crippen LogP contribution is -2.31. The Morgan fingerprint density at radius 2 is 2.04 bits per heavy atom. The van der Waals surface area contributed by atoms with E-state index in [0.29, 0.717) is 30.9 Å². The van der Waals surface area contributed by atoms with Crippen molar-refractivity contribution >= 4 is 5.91 Å². The lowest BCUT2D eigenvalue weighted by atomic mass is 10.1. The quantitative estimate of drug-likeness (QED) is 0.831. The highest BCUT2D eigenvalue weighted by Gasteiger charge is 2.16. The normalized spacial score (nSPS) is 16.6. The molecular formula is C20H22FNO3. The lowest BCUT2D eigenvalue weighted by Gasteiger charge is -2.11. The molecule has 0 aromatic heterocycles. The van der Waals surface area contributed by atoms with E-state index < -0.39 is 0 Å². The van der Waals surface area contributed by atoms with Crippen LogP contribution in [0.3, 0.4) is 0 Å². The summed E-state index contributed by atoms with van der Waals surface area (Å²) in [5.74, 6) is 0.979. The van der Waals surface area contributed by atoms with Crippen molar-refractivity contribution in [1.82, 2.24) is 5.32 Å². The second kappa shape index (κ2) is 8.62. The molecular weight excluding hydrogens is 321 g/mol. The molecule has 1 amide bonds. The first-order valence-corrected chi connectivity index (χ1v) is 8.60. The van der Waals surface area contributed by atoms with E-state index in [-0.39, 0.29) is 17.8 Å². The fourth-order valence-electron chi connectivity index (χ4n) is 2.78. The summed E-state index contributed by atoms with van der Waals surface area (Å²) in [5.41, 5.74) is 1.02. The second-order valence-electron chi connectivity index (χ2n) is 6.14. The summed E-state index contributed by atoms with van der Waals surface area (Å²) >= 11 is 0. The molecule has 1 saturated heterocycles. The van der Waals surface area contributed by atoms with E-state index in [0.717, 1.165) is 25.0 Å². The van der Waals surface area contributed by atoms with Crippen molar-refractivity contribution in [3.63, 3.8) is 0 Å². The third-order valence-electron chi connectivity index (χ3n) is 4.14. The van der Waals surface area contributed by atoms with Gasteiger partial charge in [0.1, 0.15) is 17.3 Å². The molecule has 3 rings (SSSR count). The molecule has 5 heteroatoms. The molecule has 1 fully saturated rings. The summed E-state index contributed by atoms with van der Waals surface area (Å²) < 4.78 is 24.1. The van der Waals surface area contributed by atoms with Gasteiger partial charge in [-0.15, -0.1) is 0 Å². The second-order valence-corrected chi connectivity index (χ2v) is 6.14. The molecule has 0 bridgehead atoms. The Labute approximate surface area is 147 Å². The SMILES string of the molecule is O=C(CCc1cccc(Oc2ccc(F)cc2)c1)NC[C@@H]1CCCO1. The summed E-state index contributed by atoms with van der Waals surface area (Å²) in [5, 5.41) is 2.92. The van der Waals surface area contributed by atoms with E-state index in [2.05, 4.69) is 5.32 Å². The molecule has 1 N–H and O–H groups in total. The molecule has 1 heterocycles. The Morgan fingerprint density at radius 1 is 1.20 bits per heavy atom. The number of amides is 1. The fraction of sp³-hybridized carbons (Fsp3) is 0.350. The smallest absolute Gasteiger partial charge is 0.220 e. The molecule has 2 aromatic rings. The minimum absolute atomic E-state index is 0.0281. The van der Waals surface area contributed by atoms with Crippen molar-refractivity contribution in [2.45, 2.75) is 31.8 Å². The summed E-state index contributed by atoms with van der Waals surface area (Å²) in [6, 6.07) is 13.5. The van der Waals surface area contributed by atoms with Crippen LogP contribution in [0.5, 0.6) is 11.5 Å². The van der Waals surface area contributed by atoms with Gasteiger partial charge in [-0.05, 0) is 61.2 Å². The van der Waals surface area contributed by atoms with Crippen molar-refractivity contribution in [3.05, 3.63) is 59.9 Å². The van der Waals surface area contributed by atoms with Crippen molar-refractivity contribution < 1.29 is 18.7 Å². The number of carbonyl (C=O) groups is 1. The van der Waals surface area contributed by atoms with Gasteiger partial charge in [0.2, 0.25) is 5.91 Å². The highest BCUT2D eigenvalue weighted by molar-refractivity contribution is 5.76. The molecule has 132 valence electrons. The Hall–Kier alpha value is -2.40. The number of aryl methyl sites for hydroxylation is 1. The summed E-state index contributed by atoms with van der Waals surface area (Å²) in [6.45, 7) is 1.38. The zero-order chi connectivity index (χ0) is 17.5. The summed E-state index contributed by atoms with van der Waals surface area (Å²) in [7, 11) is 0. The van der Waals surface area contributed by atoms with Crippen LogP contribution in [0.2, 0.25) is 0 Å². The molecule has 1 aliphatic heterocycles. The van der Waals surface area contributed by atoms with Gasteiger partial charge >= 0.3 is 0 Å². The number of benzene rings is 2. The van der Waals surface area contributed by atoms with Crippen molar-refractivity contribution in [3.8, 4) is 11.5 Å². The van der Waals surface area contributed by atoms with Gasteiger partial charge in [-0.2, -0.15) is 0 Å². The van der Waals surface area contributed by atoms with Crippen LogP contribution in [0.25, 0.3) is 0 Å². The zero-order valence-electron chi connectivity index (χ0n) is 14.0. The van der Waals surface area contributed by atoms with Gasteiger partial charge in [0.15, 0.2) is 0 Å². The molecule has 0 unspecified atom stereocenters. The van der Waals surface area contributed by atoms with Crippen molar-refractivity contribution in [2.75, 3.05) is 13.2 Å². The Balaban J connectivity index is 1.47. The van der Waals surface area contributed by atoms with E-state index in [4.69, 9.17) is 9.47 Å². The van der Waals surface area contributed by atoms with Gasteiger partial charge in [-0.1, -0.05) is 12.1 Å². The molecule has 1 atom stereocenters. The fourth-order valence-corrected chi connectivity index (χ4v) is 2.78. The highest BCUT2D eigenvalue weighted by Crippen LogP contribution is 2.23. The Kier molecular flexibility index (Phi) is 6.01. The van der Waals surface area contributed by atoms with E-state index >= 15 is 0 Å². The lowest BCUT2D eigenvalue weighted by molar-refractivity contribution is -0.121. The van der Waals surface area contributed by atoms with Gasteiger partial charge < -0.3 is 14.8 Å². The van der Waals surface area contributed by atoms with Crippen LogP contribution in [0.4, 0.5) is 4.39 Å². The molecule has 4 nitrogen and oxygen atoms in total. The maximum Gasteiger partial charge on any atom is 0.220 e. The average Bonchev–Trinajstić information content (AvgIpc) is 3.14. The minimum Gasteiger partial charge on any atom is -0.457 e. The Morgan fingerprint density at radius 3 is 2.80 bits per heavy atom. The minimum atomic E-state index is -0.296. The molecule has 25 heavy (non-hydrogen) atoms.